The molecule has 0 saturated carbocycles. The molecule has 5 nitrogen and oxygen atoms in total. The van der Waals surface area contributed by atoms with E-state index < -0.39 is 22.7 Å². The van der Waals surface area contributed by atoms with Crippen molar-refractivity contribution in [1.82, 2.24) is 0 Å². The lowest BCUT2D eigenvalue weighted by atomic mass is 9.56. The average Bonchev–Trinajstić information content (AvgIpc) is 3.06. The van der Waals surface area contributed by atoms with Gasteiger partial charge in [0.2, 0.25) is 0 Å². The zero-order valence-electron chi connectivity index (χ0n) is 13.0. The van der Waals surface area contributed by atoms with Crippen LogP contribution in [-0.2, 0) is 4.79 Å². The molecule has 0 spiro atoms. The molecule has 0 radical (unpaired) electrons. The van der Waals surface area contributed by atoms with Crippen molar-refractivity contribution in [2.75, 3.05) is 0 Å². The largest absolute Gasteiger partial charge is 0.468 e. The van der Waals surface area contributed by atoms with E-state index in [1.54, 1.807) is 26.0 Å². The van der Waals surface area contributed by atoms with Crippen LogP contribution in [0.3, 0.4) is 0 Å². The number of rotatable bonds is 2. The van der Waals surface area contributed by atoms with Crippen LogP contribution in [0.15, 0.2) is 33.3 Å². The van der Waals surface area contributed by atoms with Gasteiger partial charge in [-0.05, 0) is 45.9 Å². The summed E-state index contributed by atoms with van der Waals surface area (Å²) in [5, 5.41) is 10.9. The van der Waals surface area contributed by atoms with Crippen LogP contribution in [0, 0.1) is 12.3 Å². The Morgan fingerprint density at radius 3 is 2.50 bits per heavy atom. The molecule has 2 aromatic rings. The van der Waals surface area contributed by atoms with Crippen LogP contribution in [0.2, 0.25) is 0 Å². The minimum atomic E-state index is -1.85. The van der Waals surface area contributed by atoms with Gasteiger partial charge in [0.15, 0.2) is 5.78 Å². The number of Topliss-reactive ketones (excluding diaryl/α,β-unsaturated/α-hetero) is 2. The van der Waals surface area contributed by atoms with Gasteiger partial charge in [-0.15, -0.1) is 0 Å². The summed E-state index contributed by atoms with van der Waals surface area (Å²) < 4.78 is 11.2. The molecular formula is C17H18O5. The number of ketones is 2. The second-order valence-electron chi connectivity index (χ2n) is 6.24. The predicted octanol–water partition coefficient (Wildman–Crippen LogP) is 2.86. The van der Waals surface area contributed by atoms with Crippen molar-refractivity contribution >= 4 is 11.6 Å². The van der Waals surface area contributed by atoms with Crippen molar-refractivity contribution in [2.45, 2.75) is 39.2 Å². The molecule has 0 fully saturated rings. The summed E-state index contributed by atoms with van der Waals surface area (Å²) in [6.07, 6.45) is 1.40. The number of fused-ring (bicyclic) bond motifs is 1. The highest BCUT2D eigenvalue weighted by atomic mass is 16.4. The highest BCUT2D eigenvalue weighted by Gasteiger charge is 2.63. The van der Waals surface area contributed by atoms with Gasteiger partial charge in [0.25, 0.3) is 0 Å². The first kappa shape index (κ1) is 14.8. The lowest BCUT2D eigenvalue weighted by Gasteiger charge is -2.46. The molecule has 1 aliphatic carbocycles. The number of carbonyl (C=O) groups excluding carboxylic acids is 2. The summed E-state index contributed by atoms with van der Waals surface area (Å²) in [6.45, 7) is 6.14. The highest BCUT2D eigenvalue weighted by Crippen LogP contribution is 2.54. The number of furan rings is 2. The van der Waals surface area contributed by atoms with Gasteiger partial charge in [0, 0.05) is 0 Å². The quantitative estimate of drug-likeness (QED) is 0.922. The molecule has 0 bridgehead atoms. The maximum atomic E-state index is 12.6. The van der Waals surface area contributed by atoms with Crippen LogP contribution < -0.4 is 0 Å². The summed E-state index contributed by atoms with van der Waals surface area (Å²) in [5.74, 6) is 0.0881. The molecule has 0 amide bonds. The normalized spacial score (nSPS) is 31.1. The molecule has 3 atom stereocenters. The van der Waals surface area contributed by atoms with E-state index in [-0.39, 0.29) is 5.78 Å². The van der Waals surface area contributed by atoms with Crippen molar-refractivity contribution in [3.63, 3.8) is 0 Å². The van der Waals surface area contributed by atoms with E-state index in [0.717, 1.165) is 0 Å². The number of aryl methyl sites for hydroxylation is 1. The fourth-order valence-corrected chi connectivity index (χ4v) is 3.34. The van der Waals surface area contributed by atoms with Crippen LogP contribution in [-0.4, -0.2) is 22.3 Å². The maximum Gasteiger partial charge on any atom is 0.198 e. The van der Waals surface area contributed by atoms with E-state index in [2.05, 4.69) is 0 Å². The van der Waals surface area contributed by atoms with E-state index in [1.165, 1.54) is 26.2 Å². The Kier molecular flexibility index (Phi) is 2.98. The topological polar surface area (TPSA) is 80.7 Å². The smallest absolute Gasteiger partial charge is 0.198 e. The molecule has 2 heterocycles. The molecule has 5 heteroatoms. The van der Waals surface area contributed by atoms with Crippen LogP contribution >= 0.6 is 0 Å². The van der Waals surface area contributed by atoms with Gasteiger partial charge >= 0.3 is 0 Å². The summed E-state index contributed by atoms with van der Waals surface area (Å²) in [6, 6.07) is 5.05. The van der Waals surface area contributed by atoms with Crippen LogP contribution in [0.5, 0.6) is 0 Å². The lowest BCUT2D eigenvalue weighted by Crippen LogP contribution is -2.60. The highest BCUT2D eigenvalue weighted by molar-refractivity contribution is 6.09. The Labute approximate surface area is 127 Å². The average molecular weight is 302 g/mol. The van der Waals surface area contributed by atoms with Crippen molar-refractivity contribution in [3.8, 4) is 0 Å². The Morgan fingerprint density at radius 2 is 1.95 bits per heavy atom. The second-order valence-corrected chi connectivity index (χ2v) is 6.24. The van der Waals surface area contributed by atoms with Gasteiger partial charge in [0.1, 0.15) is 28.7 Å². The second kappa shape index (κ2) is 4.43. The summed E-state index contributed by atoms with van der Waals surface area (Å²) >= 11 is 0. The number of aliphatic hydroxyl groups is 1. The first-order chi connectivity index (χ1) is 10.2. The number of hydrogen-bond acceptors (Lipinski definition) is 5. The van der Waals surface area contributed by atoms with Gasteiger partial charge in [-0.1, -0.05) is 0 Å². The fraction of sp³-hybridized carbons (Fsp3) is 0.412. The predicted molar refractivity (Wildman–Crippen MR) is 77.7 cm³/mol. The molecule has 22 heavy (non-hydrogen) atoms. The molecule has 0 unspecified atom stereocenters. The lowest BCUT2D eigenvalue weighted by molar-refractivity contribution is -0.140. The number of carbonyl (C=O) groups is 2. The minimum absolute atomic E-state index is 0.294. The molecular weight excluding hydrogens is 284 g/mol. The fourth-order valence-electron chi connectivity index (χ4n) is 3.34. The Hall–Kier alpha value is -2.14. The van der Waals surface area contributed by atoms with Gasteiger partial charge in [0.05, 0.1) is 23.2 Å². The molecule has 0 aromatic carbocycles. The Balaban J connectivity index is 2.35. The van der Waals surface area contributed by atoms with Gasteiger partial charge in [-0.2, -0.15) is 0 Å². The molecule has 0 aliphatic heterocycles. The monoisotopic (exact) mass is 302 g/mol. The maximum absolute atomic E-state index is 12.6. The molecule has 3 rings (SSSR count). The van der Waals surface area contributed by atoms with Gasteiger partial charge in [-0.25, -0.2) is 0 Å². The summed E-state index contributed by atoms with van der Waals surface area (Å²) in [5.41, 5.74) is -2.93. The number of hydrogen-bond donors (Lipinski definition) is 1. The van der Waals surface area contributed by atoms with E-state index in [0.29, 0.717) is 22.8 Å². The van der Waals surface area contributed by atoms with E-state index >= 15 is 0 Å². The van der Waals surface area contributed by atoms with E-state index in [9.17, 15) is 14.7 Å². The Bertz CT molecular complexity index is 764. The molecule has 0 saturated heterocycles. The molecule has 1 N–H and O–H groups in total. The van der Waals surface area contributed by atoms with Crippen molar-refractivity contribution < 1.29 is 23.5 Å². The first-order valence-corrected chi connectivity index (χ1v) is 7.13. The first-order valence-electron chi connectivity index (χ1n) is 7.13. The third kappa shape index (κ3) is 1.63. The van der Waals surface area contributed by atoms with Crippen molar-refractivity contribution in [1.29, 1.82) is 0 Å². The van der Waals surface area contributed by atoms with Gasteiger partial charge < -0.3 is 13.9 Å². The molecule has 2 aromatic heterocycles. The van der Waals surface area contributed by atoms with Crippen LogP contribution in [0.1, 0.15) is 54.3 Å². The zero-order valence-corrected chi connectivity index (χ0v) is 13.0. The van der Waals surface area contributed by atoms with E-state index in [1.807, 2.05) is 0 Å². The van der Waals surface area contributed by atoms with Crippen molar-refractivity contribution in [3.05, 3.63) is 47.3 Å². The van der Waals surface area contributed by atoms with E-state index in [4.69, 9.17) is 8.83 Å². The third-order valence-corrected chi connectivity index (χ3v) is 5.01. The van der Waals surface area contributed by atoms with Crippen LogP contribution in [0.25, 0.3) is 0 Å². The summed E-state index contributed by atoms with van der Waals surface area (Å²) in [7, 11) is 0. The molecule has 116 valence electrons. The summed E-state index contributed by atoms with van der Waals surface area (Å²) in [4.78, 5) is 25.0. The zero-order chi connectivity index (χ0) is 16.3. The third-order valence-electron chi connectivity index (χ3n) is 5.01. The van der Waals surface area contributed by atoms with Crippen molar-refractivity contribution in [2.24, 2.45) is 5.41 Å². The van der Waals surface area contributed by atoms with Crippen LogP contribution in [0.4, 0.5) is 0 Å². The standard InChI is InChI=1S/C17H18O5/c1-9-5-6-12(22-9)13-14-11(7-8-21-14)15(19)17(4,20)16(13,3)10(2)18/h5-8,13,20H,1-4H3/t13-,16+,17+/m1/s1. The SMILES string of the molecule is CC(=O)[C@@]1(C)[C@H](c2ccc(C)o2)c2occc2C(=O)[C@]1(C)O. The molecule has 1 aliphatic rings. The Morgan fingerprint density at radius 1 is 1.27 bits per heavy atom. The minimum Gasteiger partial charge on any atom is -0.468 e. The van der Waals surface area contributed by atoms with Gasteiger partial charge in [-0.3, -0.25) is 9.59 Å².